The molecule has 0 aromatic heterocycles. The topological polar surface area (TPSA) is 115 Å². The van der Waals surface area contributed by atoms with Crippen LogP contribution in [0.1, 0.15) is 36.5 Å². The van der Waals surface area contributed by atoms with E-state index in [9.17, 15) is 19.7 Å². The maximum absolute atomic E-state index is 11.4. The van der Waals surface area contributed by atoms with Crippen molar-refractivity contribution in [3.05, 3.63) is 33.9 Å². The highest BCUT2D eigenvalue weighted by atomic mass is 16.6. The van der Waals surface area contributed by atoms with Crippen LogP contribution >= 0.6 is 0 Å². The molecular formula is C14H17N3O4. The van der Waals surface area contributed by atoms with Gasteiger partial charge >= 0.3 is 0 Å². The van der Waals surface area contributed by atoms with Gasteiger partial charge in [-0.3, -0.25) is 19.7 Å². The van der Waals surface area contributed by atoms with Crippen molar-refractivity contribution in [3.8, 4) is 0 Å². The Morgan fingerprint density at radius 3 is 2.67 bits per heavy atom. The van der Waals surface area contributed by atoms with Crippen molar-refractivity contribution in [1.82, 2.24) is 0 Å². The summed E-state index contributed by atoms with van der Waals surface area (Å²) in [6.45, 7) is 1.35. The molecule has 0 unspecified atom stereocenters. The second-order valence-corrected chi connectivity index (χ2v) is 5.24. The molecule has 1 fully saturated rings. The summed E-state index contributed by atoms with van der Waals surface area (Å²) in [5.74, 6) is -0.953. The van der Waals surface area contributed by atoms with Crippen molar-refractivity contribution < 1.29 is 14.5 Å². The van der Waals surface area contributed by atoms with E-state index in [2.05, 4.69) is 5.32 Å². The molecule has 21 heavy (non-hydrogen) atoms. The first-order valence-electron chi connectivity index (χ1n) is 6.75. The Bertz CT molecular complexity index is 600. The van der Waals surface area contributed by atoms with Crippen molar-refractivity contribution >= 4 is 23.1 Å². The predicted molar refractivity (Wildman–Crippen MR) is 77.0 cm³/mol. The number of hydrogen-bond donors (Lipinski definition) is 2. The Morgan fingerprint density at radius 1 is 1.38 bits per heavy atom. The molecule has 1 aromatic carbocycles. The summed E-state index contributed by atoms with van der Waals surface area (Å²) in [6, 6.07) is 4.08. The molecule has 2 rings (SSSR count). The van der Waals surface area contributed by atoms with Crippen LogP contribution in [-0.2, 0) is 4.79 Å². The van der Waals surface area contributed by atoms with Crippen LogP contribution in [0.5, 0.6) is 0 Å². The molecule has 2 atom stereocenters. The van der Waals surface area contributed by atoms with Gasteiger partial charge in [0.1, 0.15) is 5.69 Å². The van der Waals surface area contributed by atoms with E-state index < -0.39 is 10.8 Å². The number of benzene rings is 1. The van der Waals surface area contributed by atoms with Gasteiger partial charge in [0.05, 0.1) is 10.8 Å². The predicted octanol–water partition coefficient (Wildman–Crippen LogP) is 1.86. The fourth-order valence-corrected chi connectivity index (χ4v) is 2.70. The van der Waals surface area contributed by atoms with Gasteiger partial charge in [-0.15, -0.1) is 0 Å². The number of amides is 1. The van der Waals surface area contributed by atoms with Crippen LogP contribution in [0.3, 0.4) is 0 Å². The number of nitro benzene ring substituents is 1. The summed E-state index contributed by atoms with van der Waals surface area (Å²) in [5, 5.41) is 14.2. The van der Waals surface area contributed by atoms with E-state index in [1.807, 2.05) is 0 Å². The summed E-state index contributed by atoms with van der Waals surface area (Å²) < 4.78 is 0. The first-order valence-corrected chi connectivity index (χ1v) is 6.75. The van der Waals surface area contributed by atoms with Crippen LogP contribution in [0.2, 0.25) is 0 Å². The maximum atomic E-state index is 11.4. The van der Waals surface area contributed by atoms with Crippen LogP contribution in [-0.4, -0.2) is 22.7 Å². The van der Waals surface area contributed by atoms with Gasteiger partial charge in [0, 0.05) is 17.7 Å². The first-order chi connectivity index (χ1) is 9.90. The molecule has 0 radical (unpaired) electrons. The van der Waals surface area contributed by atoms with Gasteiger partial charge in [0.15, 0.2) is 5.78 Å². The second kappa shape index (κ2) is 5.90. The molecule has 1 aliphatic rings. The number of primary amides is 1. The fourth-order valence-electron chi connectivity index (χ4n) is 2.70. The Labute approximate surface area is 121 Å². The monoisotopic (exact) mass is 291 g/mol. The highest BCUT2D eigenvalue weighted by Crippen LogP contribution is 2.32. The Kier molecular flexibility index (Phi) is 4.21. The Balaban J connectivity index is 2.29. The number of nitrogens with zero attached hydrogens (tertiary/aromatic N) is 1. The third kappa shape index (κ3) is 3.18. The number of ketones is 1. The van der Waals surface area contributed by atoms with Crippen LogP contribution in [0.15, 0.2) is 18.2 Å². The van der Waals surface area contributed by atoms with Crippen LogP contribution in [0, 0.1) is 16.0 Å². The molecule has 0 saturated heterocycles. The lowest BCUT2D eigenvalue weighted by atomic mass is 10.0. The molecule has 112 valence electrons. The van der Waals surface area contributed by atoms with E-state index in [1.165, 1.54) is 25.1 Å². The van der Waals surface area contributed by atoms with Gasteiger partial charge in [-0.1, -0.05) is 6.42 Å². The molecule has 0 heterocycles. The number of nitrogens with one attached hydrogen (secondary N) is 1. The van der Waals surface area contributed by atoms with E-state index in [0.717, 1.165) is 12.8 Å². The van der Waals surface area contributed by atoms with Crippen LogP contribution in [0.4, 0.5) is 11.4 Å². The lowest BCUT2D eigenvalue weighted by molar-refractivity contribution is -0.384. The molecule has 0 spiro atoms. The molecule has 1 aliphatic carbocycles. The minimum Gasteiger partial charge on any atom is -0.376 e. The molecule has 0 bridgehead atoms. The average Bonchev–Trinajstić information content (AvgIpc) is 2.87. The number of nitrogens with two attached hydrogens (primary N) is 1. The number of nitro groups is 1. The van der Waals surface area contributed by atoms with Crippen molar-refractivity contribution in [2.75, 3.05) is 5.32 Å². The van der Waals surface area contributed by atoms with Gasteiger partial charge in [0.2, 0.25) is 5.91 Å². The average molecular weight is 291 g/mol. The SMILES string of the molecule is CC(=O)c1ccc(N[C@@H]2CCC[C@H]2C(N)=O)c([N+](=O)[O-])c1. The van der Waals surface area contributed by atoms with Crippen molar-refractivity contribution in [1.29, 1.82) is 0 Å². The van der Waals surface area contributed by atoms with Gasteiger partial charge in [0.25, 0.3) is 5.69 Å². The van der Waals surface area contributed by atoms with Crippen LogP contribution in [0.25, 0.3) is 0 Å². The van der Waals surface area contributed by atoms with E-state index in [-0.39, 0.29) is 29.0 Å². The minimum absolute atomic E-state index is 0.169. The smallest absolute Gasteiger partial charge is 0.293 e. The van der Waals surface area contributed by atoms with Gasteiger partial charge < -0.3 is 11.1 Å². The Morgan fingerprint density at radius 2 is 2.10 bits per heavy atom. The third-order valence-corrected chi connectivity index (χ3v) is 3.82. The summed E-state index contributed by atoms with van der Waals surface area (Å²) in [4.78, 5) is 33.3. The van der Waals surface area contributed by atoms with Gasteiger partial charge in [-0.25, -0.2) is 0 Å². The number of carbonyl (C=O) groups is 2. The molecule has 7 heteroatoms. The van der Waals surface area contributed by atoms with Gasteiger partial charge in [-0.2, -0.15) is 0 Å². The molecular weight excluding hydrogens is 274 g/mol. The lowest BCUT2D eigenvalue weighted by Crippen LogP contribution is -2.34. The normalized spacial score (nSPS) is 21.0. The number of hydrogen-bond acceptors (Lipinski definition) is 5. The maximum Gasteiger partial charge on any atom is 0.293 e. The quantitative estimate of drug-likeness (QED) is 0.488. The summed E-state index contributed by atoms with van der Waals surface area (Å²) in [6.07, 6.45) is 2.27. The van der Waals surface area contributed by atoms with E-state index >= 15 is 0 Å². The molecule has 3 N–H and O–H groups in total. The third-order valence-electron chi connectivity index (χ3n) is 3.82. The van der Waals surface area contributed by atoms with E-state index in [1.54, 1.807) is 0 Å². The van der Waals surface area contributed by atoms with Crippen molar-refractivity contribution in [3.63, 3.8) is 0 Å². The summed E-state index contributed by atoms with van der Waals surface area (Å²) in [5.41, 5.74) is 5.77. The largest absolute Gasteiger partial charge is 0.376 e. The molecule has 1 saturated carbocycles. The number of Topliss-reactive ketones (excluding diaryl/α,β-unsaturated/α-hetero) is 1. The molecule has 7 nitrogen and oxygen atoms in total. The summed E-state index contributed by atoms with van der Waals surface area (Å²) in [7, 11) is 0. The molecule has 1 amide bonds. The second-order valence-electron chi connectivity index (χ2n) is 5.24. The van der Waals surface area contributed by atoms with Gasteiger partial charge in [-0.05, 0) is 31.9 Å². The zero-order valence-electron chi connectivity index (χ0n) is 11.7. The Hall–Kier alpha value is -2.44. The summed E-state index contributed by atoms with van der Waals surface area (Å²) >= 11 is 0. The highest BCUT2D eigenvalue weighted by Gasteiger charge is 2.32. The number of rotatable bonds is 5. The number of anilines is 1. The highest BCUT2D eigenvalue weighted by molar-refractivity contribution is 5.95. The van der Waals surface area contributed by atoms with E-state index in [4.69, 9.17) is 5.73 Å². The van der Waals surface area contributed by atoms with Crippen molar-refractivity contribution in [2.24, 2.45) is 11.7 Å². The zero-order chi connectivity index (χ0) is 15.6. The van der Waals surface area contributed by atoms with E-state index in [0.29, 0.717) is 12.1 Å². The first kappa shape index (κ1) is 15.0. The fraction of sp³-hybridized carbons (Fsp3) is 0.429. The number of carbonyl (C=O) groups excluding carboxylic acids is 2. The van der Waals surface area contributed by atoms with Crippen LogP contribution < -0.4 is 11.1 Å². The lowest BCUT2D eigenvalue weighted by Gasteiger charge is -2.19. The molecule has 1 aromatic rings. The molecule has 0 aliphatic heterocycles. The minimum atomic E-state index is -0.539. The van der Waals surface area contributed by atoms with Crippen molar-refractivity contribution in [2.45, 2.75) is 32.2 Å². The standard InChI is InChI=1S/C14H17N3O4/c1-8(18)9-5-6-12(13(7-9)17(20)21)16-11-4-2-3-10(11)14(15)19/h5-7,10-11,16H,2-4H2,1H3,(H2,15,19)/t10-,11-/m1/s1. The zero-order valence-corrected chi connectivity index (χ0v) is 11.7.